The molecule has 0 bridgehead atoms. The van der Waals surface area contributed by atoms with Crippen LogP contribution >= 0.6 is 0 Å². The van der Waals surface area contributed by atoms with E-state index in [4.69, 9.17) is 0 Å². The summed E-state index contributed by atoms with van der Waals surface area (Å²) < 4.78 is 0. The Morgan fingerprint density at radius 1 is 1.24 bits per heavy atom. The van der Waals surface area contributed by atoms with Gasteiger partial charge >= 0.3 is 0 Å². The van der Waals surface area contributed by atoms with Crippen molar-refractivity contribution < 1.29 is 0 Å². The van der Waals surface area contributed by atoms with E-state index in [-0.39, 0.29) is 5.41 Å². The molecule has 0 saturated carbocycles. The summed E-state index contributed by atoms with van der Waals surface area (Å²) in [5, 5.41) is 3.55. The molecule has 1 N–H and O–H groups in total. The van der Waals surface area contributed by atoms with Crippen molar-refractivity contribution in [2.45, 2.75) is 54.0 Å². The Balaban J connectivity index is 2.86. The number of nitrogens with zero attached hydrogens (tertiary/aromatic N) is 2. The van der Waals surface area contributed by atoms with E-state index in [9.17, 15) is 0 Å². The van der Waals surface area contributed by atoms with Crippen LogP contribution in [0.4, 0.5) is 0 Å². The lowest BCUT2D eigenvalue weighted by atomic mass is 9.84. The van der Waals surface area contributed by atoms with Crippen molar-refractivity contribution in [1.82, 2.24) is 15.3 Å². The van der Waals surface area contributed by atoms with Crippen molar-refractivity contribution in [3.05, 3.63) is 23.3 Å². The third-order valence-corrected chi connectivity index (χ3v) is 2.93. The molecule has 1 aromatic rings. The first-order valence-corrected chi connectivity index (χ1v) is 6.37. The normalized spacial score (nSPS) is 13.8. The second kappa shape index (κ2) is 5.58. The number of hydrogen-bond donors (Lipinski definition) is 1. The predicted octanol–water partition coefficient (Wildman–Crippen LogP) is 2.66. The van der Waals surface area contributed by atoms with Crippen molar-refractivity contribution in [3.63, 3.8) is 0 Å². The highest BCUT2D eigenvalue weighted by Gasteiger charge is 2.24. The minimum absolute atomic E-state index is 0.239. The summed E-state index contributed by atoms with van der Waals surface area (Å²) in [5.74, 6) is 0.865. The third-order valence-electron chi connectivity index (χ3n) is 2.93. The summed E-state index contributed by atoms with van der Waals surface area (Å²) in [6, 6.07) is 2.53. The Morgan fingerprint density at radius 2 is 1.88 bits per heavy atom. The van der Waals surface area contributed by atoms with Gasteiger partial charge in [-0.05, 0) is 31.9 Å². The lowest BCUT2D eigenvalue weighted by molar-refractivity contribution is 0.268. The highest BCUT2D eigenvalue weighted by molar-refractivity contribution is 5.11. The minimum atomic E-state index is 0.239. The van der Waals surface area contributed by atoms with Crippen LogP contribution in [0.25, 0.3) is 0 Å². The van der Waals surface area contributed by atoms with Gasteiger partial charge in [-0.25, -0.2) is 9.97 Å². The van der Waals surface area contributed by atoms with E-state index >= 15 is 0 Å². The number of nitrogens with one attached hydrogen (secondary N) is 1. The first-order valence-electron chi connectivity index (χ1n) is 6.37. The zero-order valence-electron chi connectivity index (χ0n) is 12.0. The van der Waals surface area contributed by atoms with Gasteiger partial charge in [-0.1, -0.05) is 27.7 Å². The van der Waals surface area contributed by atoms with Crippen LogP contribution in [0.2, 0.25) is 0 Å². The highest BCUT2D eigenvalue weighted by Crippen LogP contribution is 2.22. The molecule has 0 saturated heterocycles. The zero-order valence-corrected chi connectivity index (χ0v) is 12.0. The van der Waals surface area contributed by atoms with Crippen LogP contribution in [0.5, 0.6) is 0 Å². The molecule has 0 amide bonds. The summed E-state index contributed by atoms with van der Waals surface area (Å²) in [5.41, 5.74) is 2.43. The smallest absolute Gasteiger partial charge is 0.125 e. The fourth-order valence-electron chi connectivity index (χ4n) is 2.04. The van der Waals surface area contributed by atoms with Crippen molar-refractivity contribution in [2.24, 2.45) is 5.41 Å². The second-order valence-corrected chi connectivity index (χ2v) is 5.73. The predicted molar refractivity (Wildman–Crippen MR) is 72.1 cm³/mol. The fourth-order valence-corrected chi connectivity index (χ4v) is 2.04. The maximum Gasteiger partial charge on any atom is 0.125 e. The van der Waals surface area contributed by atoms with Gasteiger partial charge in [0.15, 0.2) is 0 Å². The van der Waals surface area contributed by atoms with Crippen LogP contribution in [0.3, 0.4) is 0 Å². The van der Waals surface area contributed by atoms with Crippen LogP contribution < -0.4 is 5.32 Å². The number of rotatable bonds is 4. The molecule has 0 aromatic carbocycles. The molecule has 0 aliphatic carbocycles. The molecular weight excluding hydrogens is 210 g/mol. The quantitative estimate of drug-likeness (QED) is 0.872. The maximum atomic E-state index is 4.52. The van der Waals surface area contributed by atoms with E-state index in [0.29, 0.717) is 6.04 Å². The molecule has 0 radical (unpaired) electrons. The maximum absolute atomic E-state index is 4.52. The Morgan fingerprint density at radius 3 is 2.35 bits per heavy atom. The summed E-state index contributed by atoms with van der Waals surface area (Å²) in [4.78, 5) is 8.84. The largest absolute Gasteiger partial charge is 0.313 e. The van der Waals surface area contributed by atoms with Gasteiger partial charge < -0.3 is 5.32 Å². The van der Waals surface area contributed by atoms with Gasteiger partial charge in [-0.2, -0.15) is 0 Å². The molecule has 1 atom stereocenters. The number of hydrogen-bond acceptors (Lipinski definition) is 3. The lowest BCUT2D eigenvalue weighted by Crippen LogP contribution is -2.42. The molecule has 0 aliphatic rings. The SMILES string of the molecule is CCNC(Cc1cc(C)nc(C)n1)C(C)(C)C. The van der Waals surface area contributed by atoms with Gasteiger partial charge in [0, 0.05) is 23.9 Å². The molecule has 0 aliphatic heterocycles. The van der Waals surface area contributed by atoms with Crippen LogP contribution in [-0.4, -0.2) is 22.6 Å². The van der Waals surface area contributed by atoms with E-state index in [2.05, 4.69) is 49.0 Å². The number of aryl methyl sites for hydroxylation is 2. The topological polar surface area (TPSA) is 37.8 Å². The first-order chi connectivity index (χ1) is 7.82. The number of aromatic nitrogens is 2. The van der Waals surface area contributed by atoms with Crippen molar-refractivity contribution in [3.8, 4) is 0 Å². The van der Waals surface area contributed by atoms with Gasteiger partial charge in [0.2, 0.25) is 0 Å². The van der Waals surface area contributed by atoms with Crippen molar-refractivity contribution in [2.75, 3.05) is 6.54 Å². The van der Waals surface area contributed by atoms with Crippen LogP contribution in [-0.2, 0) is 6.42 Å². The van der Waals surface area contributed by atoms with Gasteiger partial charge in [-0.3, -0.25) is 0 Å². The molecule has 0 fully saturated rings. The van der Waals surface area contributed by atoms with E-state index in [0.717, 1.165) is 30.2 Å². The average molecular weight is 235 g/mol. The molecule has 1 unspecified atom stereocenters. The monoisotopic (exact) mass is 235 g/mol. The summed E-state index contributed by atoms with van der Waals surface area (Å²) >= 11 is 0. The Labute approximate surface area is 105 Å². The van der Waals surface area contributed by atoms with E-state index in [1.165, 1.54) is 0 Å². The van der Waals surface area contributed by atoms with Crippen molar-refractivity contribution >= 4 is 0 Å². The minimum Gasteiger partial charge on any atom is -0.313 e. The fraction of sp³-hybridized carbons (Fsp3) is 0.714. The lowest BCUT2D eigenvalue weighted by Gasteiger charge is -2.31. The Bertz CT molecular complexity index is 346. The summed E-state index contributed by atoms with van der Waals surface area (Å²) in [7, 11) is 0. The highest BCUT2D eigenvalue weighted by atomic mass is 14.9. The molecule has 3 nitrogen and oxygen atoms in total. The average Bonchev–Trinajstić information content (AvgIpc) is 2.13. The molecule has 1 heterocycles. The molecule has 96 valence electrons. The van der Waals surface area contributed by atoms with E-state index in [1.807, 2.05) is 13.8 Å². The van der Waals surface area contributed by atoms with E-state index < -0.39 is 0 Å². The molecule has 1 aromatic heterocycles. The molecule has 1 rings (SSSR count). The van der Waals surface area contributed by atoms with Crippen molar-refractivity contribution in [1.29, 1.82) is 0 Å². The zero-order chi connectivity index (χ0) is 13.1. The summed E-state index contributed by atoms with van der Waals surface area (Å²) in [6.45, 7) is 13.9. The Kier molecular flexibility index (Phi) is 4.63. The van der Waals surface area contributed by atoms with Gasteiger partial charge in [0.05, 0.1) is 0 Å². The third kappa shape index (κ3) is 4.43. The molecular formula is C14H25N3. The van der Waals surface area contributed by atoms with E-state index in [1.54, 1.807) is 0 Å². The van der Waals surface area contributed by atoms with Gasteiger partial charge in [0.25, 0.3) is 0 Å². The van der Waals surface area contributed by atoms with Gasteiger partial charge in [0.1, 0.15) is 5.82 Å². The molecule has 17 heavy (non-hydrogen) atoms. The standard InChI is InChI=1S/C14H25N3/c1-7-15-13(14(4,5)6)9-12-8-10(2)16-11(3)17-12/h8,13,15H,7,9H2,1-6H3. The van der Waals surface area contributed by atoms with Crippen LogP contribution in [0.15, 0.2) is 6.07 Å². The number of likely N-dealkylation sites (N-methyl/N-ethyl adjacent to an activating group) is 1. The second-order valence-electron chi connectivity index (χ2n) is 5.73. The van der Waals surface area contributed by atoms with Gasteiger partial charge in [-0.15, -0.1) is 0 Å². The Hall–Kier alpha value is -0.960. The van der Waals surface area contributed by atoms with Crippen LogP contribution in [0.1, 0.15) is 44.9 Å². The first kappa shape index (κ1) is 14.1. The molecule has 3 heteroatoms. The van der Waals surface area contributed by atoms with Crippen LogP contribution in [0, 0.1) is 19.3 Å². The summed E-state index contributed by atoms with van der Waals surface area (Å²) in [6.07, 6.45) is 0.960. The molecule has 0 spiro atoms.